The van der Waals surface area contributed by atoms with Gasteiger partial charge in [0, 0.05) is 31.8 Å². The summed E-state index contributed by atoms with van der Waals surface area (Å²) in [6.45, 7) is 8.59. The first-order valence-corrected chi connectivity index (χ1v) is 7.83. The Morgan fingerprint density at radius 1 is 1.30 bits per heavy atom. The van der Waals surface area contributed by atoms with E-state index in [0.29, 0.717) is 12.1 Å². The van der Waals surface area contributed by atoms with Crippen molar-refractivity contribution in [3.8, 4) is 0 Å². The van der Waals surface area contributed by atoms with E-state index in [1.807, 2.05) is 0 Å². The van der Waals surface area contributed by atoms with Crippen LogP contribution >= 0.6 is 0 Å². The Bertz CT molecular complexity index is 430. The molecule has 20 heavy (non-hydrogen) atoms. The number of hydrogen-bond donors (Lipinski definition) is 1. The monoisotopic (exact) mass is 274 g/mol. The van der Waals surface area contributed by atoms with Crippen molar-refractivity contribution < 1.29 is 4.74 Å². The lowest BCUT2D eigenvalue weighted by Crippen LogP contribution is -2.63. The summed E-state index contributed by atoms with van der Waals surface area (Å²) in [5.74, 6) is 0. The Balaban J connectivity index is 1.78. The third kappa shape index (κ3) is 2.76. The van der Waals surface area contributed by atoms with Crippen molar-refractivity contribution >= 4 is 0 Å². The summed E-state index contributed by atoms with van der Waals surface area (Å²) in [4.78, 5) is 2.66. The molecule has 2 saturated heterocycles. The van der Waals surface area contributed by atoms with Crippen LogP contribution in [-0.4, -0.2) is 43.3 Å². The molecule has 3 unspecified atom stereocenters. The molecule has 110 valence electrons. The summed E-state index contributed by atoms with van der Waals surface area (Å²) in [6.07, 6.45) is 2.47. The highest BCUT2D eigenvalue weighted by atomic mass is 16.5. The number of rotatable bonds is 2. The molecule has 0 radical (unpaired) electrons. The average molecular weight is 274 g/mol. The normalized spacial score (nSPS) is 35.9. The third-order valence-electron chi connectivity index (χ3n) is 4.87. The molecule has 0 aromatic heterocycles. The van der Waals surface area contributed by atoms with Gasteiger partial charge in [-0.2, -0.15) is 0 Å². The first kappa shape index (κ1) is 14.1. The second-order valence-electron chi connectivity index (χ2n) is 6.47. The molecule has 0 aliphatic carbocycles. The zero-order valence-electron chi connectivity index (χ0n) is 12.6. The maximum atomic E-state index is 5.70. The standard InChI is InChI=1S/C17H26N2O/c1-14-11-18-17(2,15-7-4-3-5-8-15)13-19(14)16-9-6-10-20-12-16/h3-5,7-8,14,16,18H,6,9-13H2,1-2H3. The van der Waals surface area contributed by atoms with Crippen LogP contribution in [0.5, 0.6) is 0 Å². The smallest absolute Gasteiger partial charge is 0.0621 e. The lowest BCUT2D eigenvalue weighted by Gasteiger charge is -2.49. The number of nitrogens with zero attached hydrogens (tertiary/aromatic N) is 1. The SMILES string of the molecule is CC1CNC(C)(c2ccccc2)CN1C1CCCOC1. The molecule has 2 aliphatic rings. The Kier molecular flexibility index (Phi) is 4.11. The Hall–Kier alpha value is -0.900. The van der Waals surface area contributed by atoms with E-state index in [2.05, 4.69) is 54.4 Å². The van der Waals surface area contributed by atoms with Crippen LogP contribution in [0.2, 0.25) is 0 Å². The first-order valence-electron chi connectivity index (χ1n) is 7.83. The molecule has 2 aliphatic heterocycles. The number of hydrogen-bond acceptors (Lipinski definition) is 3. The summed E-state index contributed by atoms with van der Waals surface area (Å²) in [6, 6.07) is 12.0. The molecule has 3 rings (SSSR count). The Morgan fingerprint density at radius 3 is 2.80 bits per heavy atom. The highest BCUT2D eigenvalue weighted by Crippen LogP contribution is 2.29. The van der Waals surface area contributed by atoms with Gasteiger partial charge in [-0.15, -0.1) is 0 Å². The van der Waals surface area contributed by atoms with Crippen molar-refractivity contribution in [1.82, 2.24) is 10.2 Å². The van der Waals surface area contributed by atoms with Crippen LogP contribution in [0.4, 0.5) is 0 Å². The molecule has 3 atom stereocenters. The molecule has 0 bridgehead atoms. The van der Waals surface area contributed by atoms with Gasteiger partial charge in [0.1, 0.15) is 0 Å². The number of benzene rings is 1. The number of nitrogens with one attached hydrogen (secondary N) is 1. The largest absolute Gasteiger partial charge is 0.380 e. The van der Waals surface area contributed by atoms with E-state index < -0.39 is 0 Å². The first-order chi connectivity index (χ1) is 9.69. The van der Waals surface area contributed by atoms with Gasteiger partial charge < -0.3 is 10.1 Å². The minimum atomic E-state index is 0.0468. The fraction of sp³-hybridized carbons (Fsp3) is 0.647. The van der Waals surface area contributed by atoms with Crippen molar-refractivity contribution in [2.75, 3.05) is 26.3 Å². The minimum Gasteiger partial charge on any atom is -0.380 e. The number of ether oxygens (including phenoxy) is 1. The maximum Gasteiger partial charge on any atom is 0.0621 e. The van der Waals surface area contributed by atoms with E-state index in [0.717, 1.165) is 26.3 Å². The summed E-state index contributed by atoms with van der Waals surface area (Å²) in [5, 5.41) is 3.75. The predicted molar refractivity (Wildman–Crippen MR) is 81.8 cm³/mol. The molecular weight excluding hydrogens is 248 g/mol. The van der Waals surface area contributed by atoms with Crippen molar-refractivity contribution in [3.63, 3.8) is 0 Å². The third-order valence-corrected chi connectivity index (χ3v) is 4.87. The zero-order chi connectivity index (χ0) is 14.0. The van der Waals surface area contributed by atoms with Gasteiger partial charge in [0.25, 0.3) is 0 Å². The van der Waals surface area contributed by atoms with Crippen LogP contribution in [0, 0.1) is 0 Å². The van der Waals surface area contributed by atoms with Crippen molar-refractivity contribution in [3.05, 3.63) is 35.9 Å². The van der Waals surface area contributed by atoms with Crippen LogP contribution < -0.4 is 5.32 Å². The van der Waals surface area contributed by atoms with E-state index >= 15 is 0 Å². The van der Waals surface area contributed by atoms with Crippen molar-refractivity contribution in [1.29, 1.82) is 0 Å². The maximum absolute atomic E-state index is 5.70. The molecule has 3 heteroatoms. The molecule has 3 nitrogen and oxygen atoms in total. The van der Waals surface area contributed by atoms with Gasteiger partial charge in [0.05, 0.1) is 12.1 Å². The number of piperazine rings is 1. The lowest BCUT2D eigenvalue weighted by atomic mass is 9.87. The van der Waals surface area contributed by atoms with Crippen LogP contribution in [0.1, 0.15) is 32.3 Å². The van der Waals surface area contributed by atoms with E-state index in [1.54, 1.807) is 0 Å². The Morgan fingerprint density at radius 2 is 2.10 bits per heavy atom. The fourth-order valence-corrected chi connectivity index (χ4v) is 3.54. The summed E-state index contributed by atoms with van der Waals surface area (Å²) in [7, 11) is 0. The second kappa shape index (κ2) is 5.84. The molecule has 1 N–H and O–H groups in total. The van der Waals surface area contributed by atoms with Crippen molar-refractivity contribution in [2.24, 2.45) is 0 Å². The quantitative estimate of drug-likeness (QED) is 0.896. The molecular formula is C17H26N2O. The molecule has 0 saturated carbocycles. The lowest BCUT2D eigenvalue weighted by molar-refractivity contribution is -0.0248. The topological polar surface area (TPSA) is 24.5 Å². The molecule has 1 aromatic carbocycles. The predicted octanol–water partition coefficient (Wildman–Crippen LogP) is 2.37. The fourth-order valence-electron chi connectivity index (χ4n) is 3.54. The second-order valence-corrected chi connectivity index (χ2v) is 6.47. The summed E-state index contributed by atoms with van der Waals surface area (Å²) < 4.78 is 5.70. The van der Waals surface area contributed by atoms with Crippen LogP contribution in [0.3, 0.4) is 0 Å². The highest BCUT2D eigenvalue weighted by molar-refractivity contribution is 5.25. The van der Waals surface area contributed by atoms with Crippen molar-refractivity contribution in [2.45, 2.75) is 44.3 Å². The van der Waals surface area contributed by atoms with E-state index in [1.165, 1.54) is 18.4 Å². The van der Waals surface area contributed by atoms with Crippen LogP contribution in [-0.2, 0) is 10.3 Å². The van der Waals surface area contributed by atoms with E-state index in [4.69, 9.17) is 4.74 Å². The van der Waals surface area contributed by atoms with Gasteiger partial charge in [-0.05, 0) is 32.3 Å². The van der Waals surface area contributed by atoms with E-state index in [-0.39, 0.29) is 5.54 Å². The summed E-state index contributed by atoms with van der Waals surface area (Å²) in [5.41, 5.74) is 1.43. The molecule has 0 amide bonds. The highest BCUT2D eigenvalue weighted by Gasteiger charge is 2.38. The van der Waals surface area contributed by atoms with Gasteiger partial charge in [0.15, 0.2) is 0 Å². The van der Waals surface area contributed by atoms with E-state index in [9.17, 15) is 0 Å². The van der Waals surface area contributed by atoms with Gasteiger partial charge in [-0.3, -0.25) is 4.90 Å². The molecule has 0 spiro atoms. The van der Waals surface area contributed by atoms with Gasteiger partial charge in [0.2, 0.25) is 0 Å². The Labute approximate surface area is 122 Å². The van der Waals surface area contributed by atoms with Crippen LogP contribution in [0.25, 0.3) is 0 Å². The zero-order valence-corrected chi connectivity index (χ0v) is 12.6. The molecule has 2 fully saturated rings. The molecule has 2 heterocycles. The van der Waals surface area contributed by atoms with Gasteiger partial charge in [-0.1, -0.05) is 30.3 Å². The van der Waals surface area contributed by atoms with Gasteiger partial charge >= 0.3 is 0 Å². The molecule has 1 aromatic rings. The summed E-state index contributed by atoms with van der Waals surface area (Å²) >= 11 is 0. The van der Waals surface area contributed by atoms with Crippen LogP contribution in [0.15, 0.2) is 30.3 Å². The van der Waals surface area contributed by atoms with Gasteiger partial charge in [-0.25, -0.2) is 0 Å². The minimum absolute atomic E-state index is 0.0468. The average Bonchev–Trinajstić information content (AvgIpc) is 2.52.